The fourth-order valence-electron chi connectivity index (χ4n) is 1.97. The monoisotopic (exact) mass is 411 g/mol. The van der Waals surface area contributed by atoms with Crippen molar-refractivity contribution in [2.75, 3.05) is 11.1 Å². The zero-order chi connectivity index (χ0) is 15.2. The molecular weight excluding hydrogens is 393 g/mol. The highest BCUT2D eigenvalue weighted by Crippen LogP contribution is 2.28. The summed E-state index contributed by atoms with van der Waals surface area (Å²) in [5, 5.41) is 3.30. The number of nitrogens with one attached hydrogen (secondary N) is 1. The number of benzene rings is 2. The molecule has 0 aromatic heterocycles. The van der Waals surface area contributed by atoms with Gasteiger partial charge in [0, 0.05) is 14.5 Å². The number of halogens is 1. The summed E-state index contributed by atoms with van der Waals surface area (Å²) in [6.45, 7) is 4.14. The average molecular weight is 411 g/mol. The Bertz CT molecular complexity index is 615. The zero-order valence-corrected chi connectivity index (χ0v) is 15.1. The Hall–Kier alpha value is -1.01. The molecule has 1 atom stereocenters. The molecule has 2 rings (SSSR count). The summed E-state index contributed by atoms with van der Waals surface area (Å²) in [7, 11) is 0. The van der Waals surface area contributed by atoms with Crippen molar-refractivity contribution in [1.82, 2.24) is 0 Å². The largest absolute Gasteiger partial charge is 0.325 e. The summed E-state index contributed by atoms with van der Waals surface area (Å²) in [5.41, 5.74) is 3.24. The third-order valence-electron chi connectivity index (χ3n) is 3.20. The first-order valence-electron chi connectivity index (χ1n) is 6.79. The van der Waals surface area contributed by atoms with Crippen molar-refractivity contribution in [1.29, 1.82) is 0 Å². The molecule has 1 N–H and O–H groups in total. The van der Waals surface area contributed by atoms with Gasteiger partial charge in [0.15, 0.2) is 0 Å². The number of carbonyl (C=O) groups is 1. The predicted molar refractivity (Wildman–Crippen MR) is 99.8 cm³/mol. The number of hydrogen-bond acceptors (Lipinski definition) is 2. The van der Waals surface area contributed by atoms with E-state index < -0.39 is 0 Å². The van der Waals surface area contributed by atoms with Gasteiger partial charge in [-0.2, -0.15) is 0 Å². The second kappa shape index (κ2) is 7.84. The summed E-state index contributed by atoms with van der Waals surface area (Å²) in [4.78, 5) is 12.1. The predicted octanol–water partition coefficient (Wildman–Crippen LogP) is 5.03. The van der Waals surface area contributed by atoms with Crippen LogP contribution in [0, 0.1) is 10.5 Å². The van der Waals surface area contributed by atoms with Crippen LogP contribution in [0.1, 0.15) is 23.3 Å². The van der Waals surface area contributed by atoms with Gasteiger partial charge in [-0.15, -0.1) is 11.8 Å². The summed E-state index contributed by atoms with van der Waals surface area (Å²) in [6.07, 6.45) is 0. The molecule has 0 aliphatic heterocycles. The molecular formula is C17H18INOS. The fraction of sp³-hybridized carbons (Fsp3) is 0.235. The van der Waals surface area contributed by atoms with Crippen LogP contribution >= 0.6 is 34.4 Å². The van der Waals surface area contributed by atoms with E-state index in [4.69, 9.17) is 0 Å². The lowest BCUT2D eigenvalue weighted by molar-refractivity contribution is -0.113. The third-order valence-corrected chi connectivity index (χ3v) is 5.07. The molecule has 0 fully saturated rings. The van der Waals surface area contributed by atoms with E-state index in [-0.39, 0.29) is 5.91 Å². The molecule has 21 heavy (non-hydrogen) atoms. The van der Waals surface area contributed by atoms with Crippen molar-refractivity contribution in [3.8, 4) is 0 Å². The normalized spacial score (nSPS) is 12.0. The lowest BCUT2D eigenvalue weighted by atomic mass is 10.2. The van der Waals surface area contributed by atoms with Crippen molar-refractivity contribution in [2.45, 2.75) is 19.1 Å². The van der Waals surface area contributed by atoms with E-state index in [1.54, 1.807) is 11.8 Å². The smallest absolute Gasteiger partial charge is 0.234 e. The minimum atomic E-state index is 0.0482. The molecule has 110 valence electrons. The first-order chi connectivity index (χ1) is 10.1. The number of hydrogen-bond donors (Lipinski definition) is 1. The SMILES string of the molecule is Cc1cc(I)ccc1NC(=O)CS[C@@H](C)c1ccccc1. The maximum Gasteiger partial charge on any atom is 0.234 e. The quantitative estimate of drug-likeness (QED) is 0.700. The van der Waals surface area contributed by atoms with Gasteiger partial charge in [0.1, 0.15) is 0 Å². The van der Waals surface area contributed by atoms with Crippen LogP contribution in [0.4, 0.5) is 5.69 Å². The van der Waals surface area contributed by atoms with Gasteiger partial charge in [0.25, 0.3) is 0 Å². The summed E-state index contributed by atoms with van der Waals surface area (Å²) in [6, 6.07) is 16.3. The number of rotatable bonds is 5. The van der Waals surface area contributed by atoms with Gasteiger partial charge < -0.3 is 5.32 Å². The van der Waals surface area contributed by atoms with Crippen molar-refractivity contribution in [3.63, 3.8) is 0 Å². The van der Waals surface area contributed by atoms with Gasteiger partial charge in [-0.3, -0.25) is 4.79 Å². The van der Waals surface area contributed by atoms with Crippen LogP contribution in [-0.4, -0.2) is 11.7 Å². The van der Waals surface area contributed by atoms with Gasteiger partial charge in [-0.25, -0.2) is 0 Å². The van der Waals surface area contributed by atoms with Crippen LogP contribution in [0.5, 0.6) is 0 Å². The first kappa shape index (κ1) is 16.4. The van der Waals surface area contributed by atoms with E-state index >= 15 is 0 Å². The van der Waals surface area contributed by atoms with E-state index in [0.29, 0.717) is 11.0 Å². The van der Waals surface area contributed by atoms with Crippen LogP contribution in [0.25, 0.3) is 0 Å². The zero-order valence-electron chi connectivity index (χ0n) is 12.1. The van der Waals surface area contributed by atoms with Crippen molar-refractivity contribution >= 4 is 45.9 Å². The Balaban J connectivity index is 1.87. The van der Waals surface area contributed by atoms with Crippen LogP contribution in [0.2, 0.25) is 0 Å². The van der Waals surface area contributed by atoms with E-state index in [9.17, 15) is 4.79 Å². The van der Waals surface area contributed by atoms with Gasteiger partial charge in [-0.05, 0) is 65.8 Å². The minimum Gasteiger partial charge on any atom is -0.325 e. The fourth-order valence-corrected chi connectivity index (χ4v) is 3.44. The standard InChI is InChI=1S/C17H18INOS/c1-12-10-15(18)8-9-16(12)19-17(20)11-21-13(2)14-6-4-3-5-7-14/h3-10,13H,11H2,1-2H3,(H,19,20)/t13-/m0/s1. The molecule has 0 aliphatic rings. The molecule has 0 aliphatic carbocycles. The Morgan fingerprint density at radius 2 is 1.95 bits per heavy atom. The van der Waals surface area contributed by atoms with Crippen molar-refractivity contribution in [3.05, 3.63) is 63.2 Å². The molecule has 2 aromatic carbocycles. The molecule has 4 heteroatoms. The Labute approximate surface area is 143 Å². The molecule has 0 bridgehead atoms. The average Bonchev–Trinajstić information content (AvgIpc) is 2.48. The molecule has 0 unspecified atom stereocenters. The highest BCUT2D eigenvalue weighted by Gasteiger charge is 2.10. The molecule has 0 heterocycles. The highest BCUT2D eigenvalue weighted by molar-refractivity contribution is 14.1. The van der Waals surface area contributed by atoms with E-state index in [1.807, 2.05) is 37.3 Å². The Morgan fingerprint density at radius 1 is 1.24 bits per heavy atom. The molecule has 0 saturated carbocycles. The maximum atomic E-state index is 12.1. The lowest BCUT2D eigenvalue weighted by Gasteiger charge is -2.12. The van der Waals surface area contributed by atoms with Gasteiger partial charge in [0.05, 0.1) is 5.75 Å². The van der Waals surface area contributed by atoms with E-state index in [1.165, 1.54) is 9.13 Å². The van der Waals surface area contributed by atoms with Crippen LogP contribution in [-0.2, 0) is 4.79 Å². The minimum absolute atomic E-state index is 0.0482. The first-order valence-corrected chi connectivity index (χ1v) is 8.91. The third kappa shape index (κ3) is 5.04. The van der Waals surface area contributed by atoms with Crippen molar-refractivity contribution in [2.24, 2.45) is 0 Å². The van der Waals surface area contributed by atoms with Crippen LogP contribution in [0.3, 0.4) is 0 Å². The lowest BCUT2D eigenvalue weighted by Crippen LogP contribution is -2.15. The number of carbonyl (C=O) groups excluding carboxylic acids is 1. The topological polar surface area (TPSA) is 29.1 Å². The van der Waals surface area contributed by atoms with Crippen molar-refractivity contribution < 1.29 is 4.79 Å². The summed E-state index contributed by atoms with van der Waals surface area (Å²) in [5.74, 6) is 0.508. The summed E-state index contributed by atoms with van der Waals surface area (Å²) >= 11 is 3.92. The number of thioether (sulfide) groups is 1. The number of aryl methyl sites for hydroxylation is 1. The van der Waals surface area contributed by atoms with E-state index in [0.717, 1.165) is 11.3 Å². The number of amides is 1. The highest BCUT2D eigenvalue weighted by atomic mass is 127. The molecule has 2 nitrogen and oxygen atoms in total. The van der Waals surface area contributed by atoms with Gasteiger partial charge in [0.2, 0.25) is 5.91 Å². The second-order valence-electron chi connectivity index (χ2n) is 4.87. The Morgan fingerprint density at radius 3 is 2.62 bits per heavy atom. The summed E-state index contributed by atoms with van der Waals surface area (Å²) < 4.78 is 1.18. The molecule has 0 spiro atoms. The molecule has 0 radical (unpaired) electrons. The van der Waals surface area contributed by atoms with Crippen LogP contribution < -0.4 is 5.32 Å². The number of anilines is 1. The molecule has 0 saturated heterocycles. The van der Waals surface area contributed by atoms with Gasteiger partial charge >= 0.3 is 0 Å². The maximum absolute atomic E-state index is 12.1. The second-order valence-corrected chi connectivity index (χ2v) is 7.45. The van der Waals surface area contributed by atoms with E-state index in [2.05, 4.69) is 53.0 Å². The van der Waals surface area contributed by atoms with Crippen LogP contribution in [0.15, 0.2) is 48.5 Å². The Kier molecular flexibility index (Phi) is 6.11. The molecule has 2 aromatic rings. The molecule has 1 amide bonds. The van der Waals surface area contributed by atoms with Gasteiger partial charge in [-0.1, -0.05) is 30.3 Å².